The van der Waals surface area contributed by atoms with E-state index in [9.17, 15) is 24.0 Å². The van der Waals surface area contributed by atoms with E-state index >= 15 is 0 Å². The zero-order chi connectivity index (χ0) is 22.5. The molecule has 11 heteroatoms. The third kappa shape index (κ3) is 27.6. The smallest absolute Gasteiger partial charge is 0.322 e. The van der Waals surface area contributed by atoms with Crippen LogP contribution >= 0.6 is 0 Å². The van der Waals surface area contributed by atoms with Crippen molar-refractivity contribution >= 4 is 29.6 Å². The topological polar surface area (TPSA) is 208 Å². The predicted molar refractivity (Wildman–Crippen MR) is 107 cm³/mol. The van der Waals surface area contributed by atoms with E-state index in [0.717, 1.165) is 25.7 Å². The van der Waals surface area contributed by atoms with Gasteiger partial charge in [0.15, 0.2) is 0 Å². The van der Waals surface area contributed by atoms with E-state index in [1.807, 2.05) is 0 Å². The van der Waals surface area contributed by atoms with Gasteiger partial charge in [0, 0.05) is 12.8 Å². The molecular formula is C18H35N5O6. The molecule has 4 amide bonds. The second-order valence-corrected chi connectivity index (χ2v) is 6.41. The van der Waals surface area contributed by atoms with E-state index in [1.165, 1.54) is 25.7 Å². The van der Waals surface area contributed by atoms with Crippen LogP contribution in [0.15, 0.2) is 0 Å². The maximum atomic E-state index is 10.7. The summed E-state index contributed by atoms with van der Waals surface area (Å²) < 4.78 is 0. The van der Waals surface area contributed by atoms with Crippen LogP contribution < -0.4 is 27.8 Å². The number of aliphatic carboxylic acids is 1. The molecule has 0 aliphatic rings. The van der Waals surface area contributed by atoms with Gasteiger partial charge in [-0.05, 0) is 12.8 Å². The lowest BCUT2D eigenvalue weighted by Gasteiger charge is -2.03. The van der Waals surface area contributed by atoms with E-state index in [2.05, 4.69) is 10.6 Å². The lowest BCUT2D eigenvalue weighted by molar-refractivity contribution is -0.137. The van der Waals surface area contributed by atoms with Crippen LogP contribution in [0.4, 0.5) is 0 Å². The Balaban J connectivity index is 0. The highest BCUT2D eigenvalue weighted by Crippen LogP contribution is 2.10. The van der Waals surface area contributed by atoms with Crippen LogP contribution in [0.5, 0.6) is 0 Å². The van der Waals surface area contributed by atoms with Gasteiger partial charge in [0.05, 0.1) is 13.1 Å². The summed E-state index contributed by atoms with van der Waals surface area (Å²) in [6.07, 6.45) is 9.77. The number of nitrogens with two attached hydrogens (primary N) is 3. The number of carboxylic acid groups (broad SMARTS) is 1. The second kappa shape index (κ2) is 20.1. The summed E-state index contributed by atoms with van der Waals surface area (Å²) in [6.45, 7) is -0.924. The summed E-state index contributed by atoms with van der Waals surface area (Å²) in [7, 11) is 0. The summed E-state index contributed by atoms with van der Waals surface area (Å²) >= 11 is 0. The number of hydrogen-bond donors (Lipinski definition) is 6. The van der Waals surface area contributed by atoms with Crippen LogP contribution in [0.3, 0.4) is 0 Å². The number of amides is 4. The van der Waals surface area contributed by atoms with Gasteiger partial charge in [-0.25, -0.2) is 0 Å². The fraction of sp³-hybridized carbons (Fsp3) is 0.722. The Bertz CT molecular complexity index is 491. The molecule has 0 radical (unpaired) electrons. The molecule has 0 aromatic rings. The maximum absolute atomic E-state index is 10.7. The summed E-state index contributed by atoms with van der Waals surface area (Å²) in [5, 5.41) is 12.4. The van der Waals surface area contributed by atoms with Gasteiger partial charge >= 0.3 is 5.97 Å². The number of carbonyl (C=O) groups is 5. The Kier molecular flexibility index (Phi) is 19.7. The van der Waals surface area contributed by atoms with Crippen LogP contribution in [-0.4, -0.2) is 54.3 Å². The normalized spacial score (nSPS) is 9.69. The minimum absolute atomic E-state index is 0.202. The molecule has 0 atom stereocenters. The molecule has 29 heavy (non-hydrogen) atoms. The van der Waals surface area contributed by atoms with E-state index < -0.39 is 24.3 Å². The zero-order valence-corrected chi connectivity index (χ0v) is 16.9. The molecule has 0 aliphatic carbocycles. The Labute approximate surface area is 171 Å². The van der Waals surface area contributed by atoms with Crippen molar-refractivity contribution in [2.24, 2.45) is 17.2 Å². The Morgan fingerprint density at radius 3 is 1.34 bits per heavy atom. The molecule has 0 bridgehead atoms. The highest BCUT2D eigenvalue weighted by Gasteiger charge is 2.04. The van der Waals surface area contributed by atoms with Crippen molar-refractivity contribution in [2.75, 3.05) is 19.6 Å². The number of nitrogens with one attached hydrogen (secondary N) is 2. The quantitative estimate of drug-likeness (QED) is 0.174. The summed E-state index contributed by atoms with van der Waals surface area (Å²) in [6, 6.07) is 0. The second-order valence-electron chi connectivity index (χ2n) is 6.41. The van der Waals surface area contributed by atoms with Crippen LogP contribution in [-0.2, 0) is 24.0 Å². The van der Waals surface area contributed by atoms with Crippen LogP contribution in [0.25, 0.3) is 0 Å². The van der Waals surface area contributed by atoms with Gasteiger partial charge in [0.2, 0.25) is 23.6 Å². The Morgan fingerprint density at radius 1 is 0.621 bits per heavy atom. The van der Waals surface area contributed by atoms with E-state index in [4.69, 9.17) is 22.3 Å². The standard InChI is InChI=1S/C12H24N2O2.C6H11N3O4/c13-11(15)9-7-5-3-1-2-4-6-8-10-12(14)16;7-1-4(10)8-2-5(11)9-3-6(12)13/h1-10H2,(H2,13,15)(H2,14,16);1-3,7H2,(H,8,10)(H,9,11)(H,12,13). The SMILES string of the molecule is NC(=O)CCCCCCCCCCC(N)=O.NCC(=O)NCC(=O)NCC(=O)O. The minimum Gasteiger partial charge on any atom is -0.480 e. The van der Waals surface area contributed by atoms with E-state index in [-0.39, 0.29) is 24.9 Å². The van der Waals surface area contributed by atoms with Gasteiger partial charge in [-0.3, -0.25) is 24.0 Å². The van der Waals surface area contributed by atoms with Gasteiger partial charge < -0.3 is 32.9 Å². The number of carbonyl (C=O) groups excluding carboxylic acids is 4. The largest absolute Gasteiger partial charge is 0.480 e. The first-order valence-electron chi connectivity index (χ1n) is 9.70. The Hall–Kier alpha value is -2.69. The van der Waals surface area contributed by atoms with Crippen molar-refractivity contribution in [3.8, 4) is 0 Å². The number of carboxylic acids is 1. The van der Waals surface area contributed by atoms with Crippen molar-refractivity contribution in [1.82, 2.24) is 10.6 Å². The first kappa shape index (κ1) is 28.5. The average Bonchev–Trinajstić information content (AvgIpc) is 2.65. The molecule has 0 spiro atoms. The van der Waals surface area contributed by atoms with Gasteiger partial charge in [0.25, 0.3) is 0 Å². The maximum Gasteiger partial charge on any atom is 0.322 e. The fourth-order valence-corrected chi connectivity index (χ4v) is 2.15. The third-order valence-corrected chi connectivity index (χ3v) is 3.66. The molecular weight excluding hydrogens is 382 g/mol. The summed E-state index contributed by atoms with van der Waals surface area (Å²) in [4.78, 5) is 52.1. The first-order chi connectivity index (χ1) is 13.7. The molecule has 0 aromatic heterocycles. The zero-order valence-electron chi connectivity index (χ0n) is 16.9. The molecule has 168 valence electrons. The van der Waals surface area contributed by atoms with Gasteiger partial charge in [-0.15, -0.1) is 0 Å². The lowest BCUT2D eigenvalue weighted by Crippen LogP contribution is -2.40. The van der Waals surface area contributed by atoms with Crippen LogP contribution in [0.1, 0.15) is 64.2 Å². The molecule has 0 saturated heterocycles. The molecule has 11 nitrogen and oxygen atoms in total. The van der Waals surface area contributed by atoms with E-state index in [0.29, 0.717) is 12.8 Å². The monoisotopic (exact) mass is 417 g/mol. The van der Waals surface area contributed by atoms with E-state index in [1.54, 1.807) is 0 Å². The van der Waals surface area contributed by atoms with Crippen LogP contribution in [0, 0.1) is 0 Å². The molecule has 0 heterocycles. The highest BCUT2D eigenvalue weighted by molar-refractivity contribution is 5.87. The lowest BCUT2D eigenvalue weighted by atomic mass is 10.1. The molecule has 0 aromatic carbocycles. The van der Waals surface area contributed by atoms with Crippen molar-refractivity contribution in [2.45, 2.75) is 64.2 Å². The van der Waals surface area contributed by atoms with Gasteiger partial charge in [-0.1, -0.05) is 38.5 Å². The molecule has 0 rings (SSSR count). The summed E-state index contributed by atoms with van der Waals surface area (Å²) in [5.41, 5.74) is 15.0. The van der Waals surface area contributed by atoms with Crippen molar-refractivity contribution in [3.05, 3.63) is 0 Å². The number of unbranched alkanes of at least 4 members (excludes halogenated alkanes) is 7. The first-order valence-corrected chi connectivity index (χ1v) is 9.70. The van der Waals surface area contributed by atoms with Crippen molar-refractivity contribution in [1.29, 1.82) is 0 Å². The van der Waals surface area contributed by atoms with Crippen molar-refractivity contribution < 1.29 is 29.1 Å². The Morgan fingerprint density at radius 2 is 1.00 bits per heavy atom. The minimum atomic E-state index is -1.14. The molecule has 0 aliphatic heterocycles. The van der Waals surface area contributed by atoms with Crippen molar-refractivity contribution in [3.63, 3.8) is 0 Å². The molecule has 0 saturated carbocycles. The molecule has 9 N–H and O–H groups in total. The van der Waals surface area contributed by atoms with Crippen LogP contribution in [0.2, 0.25) is 0 Å². The summed E-state index contributed by atoms with van der Waals surface area (Å²) in [5.74, 6) is -2.58. The number of rotatable bonds is 16. The molecule has 0 fully saturated rings. The average molecular weight is 418 g/mol. The van der Waals surface area contributed by atoms with Gasteiger partial charge in [-0.2, -0.15) is 0 Å². The predicted octanol–water partition coefficient (Wildman–Crippen LogP) is -0.880. The molecule has 0 unspecified atom stereocenters. The number of primary amides is 2. The highest BCUT2D eigenvalue weighted by atomic mass is 16.4. The number of hydrogen-bond acceptors (Lipinski definition) is 6. The third-order valence-electron chi connectivity index (χ3n) is 3.66. The van der Waals surface area contributed by atoms with Gasteiger partial charge in [0.1, 0.15) is 6.54 Å². The fourth-order valence-electron chi connectivity index (χ4n) is 2.15.